The number of carbonyl (C=O) groups is 1. The molecule has 0 bridgehead atoms. The van der Waals surface area contributed by atoms with Gasteiger partial charge >= 0.3 is 0 Å². The maximum atomic E-state index is 10.1. The molecule has 0 atom stereocenters. The minimum absolute atomic E-state index is 0. The van der Waals surface area contributed by atoms with Crippen molar-refractivity contribution in [3.63, 3.8) is 0 Å². The maximum absolute atomic E-state index is 10.1. The van der Waals surface area contributed by atoms with E-state index in [1.807, 2.05) is 0 Å². The van der Waals surface area contributed by atoms with Gasteiger partial charge in [0.25, 0.3) is 0 Å². The Morgan fingerprint density at radius 1 is 1.43 bits per heavy atom. The second kappa shape index (κ2) is 4.45. The second-order valence-corrected chi connectivity index (χ2v) is 1.41. The van der Waals surface area contributed by atoms with Crippen LogP contribution in [0.25, 0.3) is 0 Å². The first-order valence-electron chi connectivity index (χ1n) is 1.82. The third-order valence-corrected chi connectivity index (χ3v) is 0.630. The molecule has 41 valence electrons. The van der Waals surface area contributed by atoms with Crippen molar-refractivity contribution in [1.82, 2.24) is 4.90 Å². The first-order chi connectivity index (χ1) is 2.64. The molecule has 0 aliphatic heterocycles. The SMILES string of the molecule is CC(=O)N(C)C.[Sb]. The van der Waals surface area contributed by atoms with Gasteiger partial charge in [0.15, 0.2) is 0 Å². The third-order valence-electron chi connectivity index (χ3n) is 0.630. The molecule has 0 saturated heterocycles. The smallest absolute Gasteiger partial charge is 0.218 e. The second-order valence-electron chi connectivity index (χ2n) is 1.41. The number of hydrogen-bond donors (Lipinski definition) is 0. The van der Waals surface area contributed by atoms with Crippen molar-refractivity contribution in [2.45, 2.75) is 6.92 Å². The molecule has 0 fully saturated rings. The standard InChI is InChI=1S/C4H9NO.Sb/c1-4(6)5(2)3;/h1-3H3;. The molecular formula is C4H9NOSb. The van der Waals surface area contributed by atoms with E-state index >= 15 is 0 Å². The van der Waals surface area contributed by atoms with Gasteiger partial charge in [0.05, 0.1) is 0 Å². The fraction of sp³-hybridized carbons (Fsp3) is 0.750. The topological polar surface area (TPSA) is 20.3 Å². The zero-order valence-corrected chi connectivity index (χ0v) is 7.36. The van der Waals surface area contributed by atoms with Crippen LogP contribution in [0.2, 0.25) is 0 Å². The van der Waals surface area contributed by atoms with Gasteiger partial charge in [0, 0.05) is 45.4 Å². The monoisotopic (exact) mass is 208 g/mol. The zero-order valence-electron chi connectivity index (χ0n) is 4.80. The Labute approximate surface area is 61.3 Å². The minimum Gasteiger partial charge on any atom is -0.349 e. The van der Waals surface area contributed by atoms with Crippen LogP contribution in [-0.2, 0) is 4.79 Å². The molecule has 1 amide bonds. The Hall–Kier alpha value is 0.288. The van der Waals surface area contributed by atoms with Gasteiger partial charge in [-0.2, -0.15) is 0 Å². The van der Waals surface area contributed by atoms with Crippen molar-refractivity contribution in [1.29, 1.82) is 0 Å². The largest absolute Gasteiger partial charge is 0.349 e. The van der Waals surface area contributed by atoms with Crippen molar-refractivity contribution in [3.05, 3.63) is 0 Å². The van der Waals surface area contributed by atoms with Gasteiger partial charge in [0.2, 0.25) is 5.91 Å². The summed E-state index contributed by atoms with van der Waals surface area (Å²) in [7, 11) is 3.45. The normalized spacial score (nSPS) is 6.71. The number of rotatable bonds is 0. The Morgan fingerprint density at radius 2 is 1.57 bits per heavy atom. The van der Waals surface area contributed by atoms with E-state index in [9.17, 15) is 4.79 Å². The van der Waals surface area contributed by atoms with Crippen molar-refractivity contribution in [2.75, 3.05) is 14.1 Å². The Bertz CT molecular complexity index is 62.7. The van der Waals surface area contributed by atoms with Gasteiger partial charge in [0.1, 0.15) is 0 Å². The van der Waals surface area contributed by atoms with Crippen LogP contribution in [0.1, 0.15) is 6.92 Å². The summed E-state index contributed by atoms with van der Waals surface area (Å²) in [5.41, 5.74) is 0. The molecule has 7 heavy (non-hydrogen) atoms. The van der Waals surface area contributed by atoms with Crippen LogP contribution in [0, 0.1) is 0 Å². The number of hydrogen-bond acceptors (Lipinski definition) is 1. The summed E-state index contributed by atoms with van der Waals surface area (Å²) in [6, 6.07) is 0. The minimum atomic E-state index is 0. The van der Waals surface area contributed by atoms with Gasteiger partial charge in [-0.05, 0) is 0 Å². The Kier molecular flexibility index (Phi) is 6.55. The summed E-state index contributed by atoms with van der Waals surface area (Å²) >= 11 is 0. The molecule has 0 aliphatic carbocycles. The predicted octanol–water partition coefficient (Wildman–Crippen LogP) is -0.286. The predicted molar refractivity (Wildman–Crippen MR) is 30.1 cm³/mol. The summed E-state index contributed by atoms with van der Waals surface area (Å²) in [5.74, 6) is 0.0926. The van der Waals surface area contributed by atoms with Gasteiger partial charge < -0.3 is 4.90 Å². The van der Waals surface area contributed by atoms with Gasteiger partial charge in [-0.25, -0.2) is 0 Å². The van der Waals surface area contributed by atoms with Gasteiger partial charge in [-0.1, -0.05) is 0 Å². The summed E-state index contributed by atoms with van der Waals surface area (Å²) in [6.45, 7) is 1.53. The Balaban J connectivity index is 0. The zero-order chi connectivity index (χ0) is 5.15. The average Bonchev–Trinajstić information content (AvgIpc) is 1.36. The molecule has 3 heteroatoms. The first kappa shape index (κ1) is 10.3. The summed E-state index contributed by atoms with van der Waals surface area (Å²) < 4.78 is 0. The number of amides is 1. The molecule has 3 radical (unpaired) electrons. The van der Waals surface area contributed by atoms with E-state index in [-0.39, 0.29) is 30.3 Å². The van der Waals surface area contributed by atoms with E-state index in [1.54, 1.807) is 14.1 Å². The van der Waals surface area contributed by atoms with Crippen LogP contribution in [0.5, 0.6) is 0 Å². The fourth-order valence-electron chi connectivity index (χ4n) is 0. The van der Waals surface area contributed by atoms with Crippen LogP contribution < -0.4 is 0 Å². The van der Waals surface area contributed by atoms with Crippen LogP contribution in [-0.4, -0.2) is 49.3 Å². The van der Waals surface area contributed by atoms with Gasteiger partial charge in [-0.15, -0.1) is 0 Å². The van der Waals surface area contributed by atoms with E-state index in [1.165, 1.54) is 11.8 Å². The molecule has 0 heterocycles. The molecule has 0 aromatic rings. The van der Waals surface area contributed by atoms with Crippen molar-refractivity contribution in [3.8, 4) is 0 Å². The average molecular weight is 209 g/mol. The molecule has 0 aromatic heterocycles. The molecule has 2 nitrogen and oxygen atoms in total. The molecule has 0 spiro atoms. The first-order valence-corrected chi connectivity index (χ1v) is 1.82. The van der Waals surface area contributed by atoms with E-state index in [0.717, 1.165) is 0 Å². The number of nitrogens with zero attached hydrogens (tertiary/aromatic N) is 1. The molecule has 0 aliphatic rings. The van der Waals surface area contributed by atoms with E-state index < -0.39 is 0 Å². The van der Waals surface area contributed by atoms with Gasteiger partial charge in [-0.3, -0.25) is 4.79 Å². The van der Waals surface area contributed by atoms with Crippen LogP contribution in [0.3, 0.4) is 0 Å². The molecule has 0 unspecified atom stereocenters. The summed E-state index contributed by atoms with van der Waals surface area (Å²) in [5, 5.41) is 0. The van der Waals surface area contributed by atoms with Crippen LogP contribution in [0.4, 0.5) is 0 Å². The summed E-state index contributed by atoms with van der Waals surface area (Å²) in [6.07, 6.45) is 0. The van der Waals surface area contributed by atoms with Crippen molar-refractivity contribution >= 4 is 30.3 Å². The van der Waals surface area contributed by atoms with Crippen molar-refractivity contribution < 1.29 is 4.79 Å². The fourth-order valence-corrected chi connectivity index (χ4v) is 0. The van der Waals surface area contributed by atoms with E-state index in [2.05, 4.69) is 0 Å². The van der Waals surface area contributed by atoms with Crippen LogP contribution >= 0.6 is 0 Å². The van der Waals surface area contributed by atoms with E-state index in [0.29, 0.717) is 0 Å². The quantitative estimate of drug-likeness (QED) is 0.502. The molecule has 0 N–H and O–H groups in total. The number of carbonyl (C=O) groups excluding carboxylic acids is 1. The molecule has 0 rings (SSSR count). The van der Waals surface area contributed by atoms with Crippen LogP contribution in [0.15, 0.2) is 0 Å². The summed E-state index contributed by atoms with van der Waals surface area (Å²) in [4.78, 5) is 11.6. The third kappa shape index (κ3) is 6.29. The van der Waals surface area contributed by atoms with E-state index in [4.69, 9.17) is 0 Å². The Morgan fingerprint density at radius 3 is 1.57 bits per heavy atom. The molecule has 0 saturated carbocycles. The molecular weight excluding hydrogens is 200 g/mol. The maximum Gasteiger partial charge on any atom is 0.218 e. The molecule has 0 aromatic carbocycles. The van der Waals surface area contributed by atoms with Crippen molar-refractivity contribution in [2.24, 2.45) is 0 Å².